The summed E-state index contributed by atoms with van der Waals surface area (Å²) in [5.74, 6) is 0. The zero-order valence-corrected chi connectivity index (χ0v) is 4.78. The summed E-state index contributed by atoms with van der Waals surface area (Å²) in [4.78, 5) is 0. The van der Waals surface area contributed by atoms with Gasteiger partial charge in [0.05, 0.1) is 0 Å². The third-order valence-electron chi connectivity index (χ3n) is 1.34. The van der Waals surface area contributed by atoms with Crippen LogP contribution in [0.4, 0.5) is 0 Å². The van der Waals surface area contributed by atoms with Gasteiger partial charge in [-0.1, -0.05) is 11.6 Å². The van der Waals surface area contributed by atoms with E-state index in [4.69, 9.17) is 0 Å². The van der Waals surface area contributed by atoms with Gasteiger partial charge in [0.1, 0.15) is 0 Å². The molecule has 0 heterocycles. The second kappa shape index (κ2) is 2.15. The van der Waals surface area contributed by atoms with Crippen LogP contribution in [-0.4, -0.2) is 0 Å². The van der Waals surface area contributed by atoms with Crippen molar-refractivity contribution in [1.82, 2.24) is 0 Å². The Balaban J connectivity index is 2.40. The third kappa shape index (κ3) is 1.34. The van der Waals surface area contributed by atoms with Crippen molar-refractivity contribution in [2.24, 2.45) is 0 Å². The fraction of sp³-hybridized carbons (Fsp3) is 0.571. The molecular formula is C7H11. The maximum atomic E-state index is 2.30. The molecule has 0 fully saturated rings. The lowest BCUT2D eigenvalue weighted by Crippen LogP contribution is -1.86. The van der Waals surface area contributed by atoms with E-state index in [0.29, 0.717) is 0 Å². The van der Waals surface area contributed by atoms with Crippen LogP contribution in [0.3, 0.4) is 0 Å². The molecule has 7 heavy (non-hydrogen) atoms. The van der Waals surface area contributed by atoms with Crippen LogP contribution in [0, 0.1) is 6.42 Å². The molecule has 0 aliphatic heterocycles. The van der Waals surface area contributed by atoms with Gasteiger partial charge in [-0.3, -0.25) is 0 Å². The molecule has 0 unspecified atom stereocenters. The van der Waals surface area contributed by atoms with Crippen LogP contribution in [0.2, 0.25) is 0 Å². The van der Waals surface area contributed by atoms with Crippen LogP contribution >= 0.6 is 0 Å². The minimum atomic E-state index is 1.29. The van der Waals surface area contributed by atoms with Gasteiger partial charge in [-0.25, -0.2) is 0 Å². The van der Waals surface area contributed by atoms with E-state index in [9.17, 15) is 0 Å². The molecule has 0 amide bonds. The molecular weight excluding hydrogens is 84.1 g/mol. The minimum absolute atomic E-state index is 1.29. The molecule has 0 atom stereocenters. The Hall–Kier alpha value is -0.260. The Kier molecular flexibility index (Phi) is 1.50. The summed E-state index contributed by atoms with van der Waals surface area (Å²) < 4.78 is 0. The average molecular weight is 95.2 g/mol. The number of hydrogen-bond acceptors (Lipinski definition) is 0. The molecule has 1 rings (SSSR count). The SMILES string of the molecule is CC1=CCCC[CH]1. The van der Waals surface area contributed by atoms with E-state index in [0.717, 1.165) is 0 Å². The normalized spacial score (nSPS) is 21.6. The third-order valence-corrected chi connectivity index (χ3v) is 1.34. The summed E-state index contributed by atoms with van der Waals surface area (Å²) in [5, 5.41) is 0. The fourth-order valence-corrected chi connectivity index (χ4v) is 0.861. The summed E-state index contributed by atoms with van der Waals surface area (Å²) in [5.41, 5.74) is 1.46. The molecule has 0 N–H and O–H groups in total. The standard InChI is InChI=1S/C7H11/c1-7-5-3-2-4-6-7/h5-6H,2-4H2,1H3. The molecule has 0 bridgehead atoms. The van der Waals surface area contributed by atoms with Crippen LogP contribution in [0.5, 0.6) is 0 Å². The van der Waals surface area contributed by atoms with Crippen molar-refractivity contribution in [2.45, 2.75) is 26.2 Å². The molecule has 0 saturated carbocycles. The quantitative estimate of drug-likeness (QED) is 0.433. The predicted molar refractivity (Wildman–Crippen MR) is 31.9 cm³/mol. The van der Waals surface area contributed by atoms with Crippen molar-refractivity contribution in [3.63, 3.8) is 0 Å². The van der Waals surface area contributed by atoms with Gasteiger partial charge in [0.2, 0.25) is 0 Å². The molecule has 39 valence electrons. The van der Waals surface area contributed by atoms with Gasteiger partial charge >= 0.3 is 0 Å². The van der Waals surface area contributed by atoms with Gasteiger partial charge in [-0.15, -0.1) is 0 Å². The molecule has 1 aliphatic carbocycles. The maximum absolute atomic E-state index is 2.30. The maximum Gasteiger partial charge on any atom is -0.0140 e. The number of rotatable bonds is 0. The Labute approximate surface area is 45.2 Å². The molecule has 0 heteroatoms. The summed E-state index contributed by atoms with van der Waals surface area (Å²) in [6.45, 7) is 2.17. The number of hydrogen-bond donors (Lipinski definition) is 0. The summed E-state index contributed by atoms with van der Waals surface area (Å²) in [6, 6.07) is 0. The van der Waals surface area contributed by atoms with Crippen LogP contribution in [0.15, 0.2) is 11.6 Å². The predicted octanol–water partition coefficient (Wildman–Crippen LogP) is 2.32. The van der Waals surface area contributed by atoms with E-state index in [1.165, 1.54) is 24.8 Å². The largest absolute Gasteiger partial charge is 0.0853 e. The van der Waals surface area contributed by atoms with E-state index in [1.54, 1.807) is 0 Å². The van der Waals surface area contributed by atoms with E-state index in [2.05, 4.69) is 19.4 Å². The second-order valence-electron chi connectivity index (χ2n) is 2.08. The zero-order chi connectivity index (χ0) is 5.11. The van der Waals surface area contributed by atoms with Gasteiger partial charge in [0.25, 0.3) is 0 Å². The van der Waals surface area contributed by atoms with Gasteiger partial charge in [0, 0.05) is 0 Å². The lowest BCUT2D eigenvalue weighted by molar-refractivity contribution is 0.797. The van der Waals surface area contributed by atoms with Gasteiger partial charge in [0.15, 0.2) is 0 Å². The Morgan fingerprint density at radius 2 is 2.29 bits per heavy atom. The first-order chi connectivity index (χ1) is 3.39. The van der Waals surface area contributed by atoms with Crippen LogP contribution in [-0.2, 0) is 0 Å². The number of allylic oxidation sites excluding steroid dienone is 2. The first-order valence-electron chi connectivity index (χ1n) is 2.89. The second-order valence-corrected chi connectivity index (χ2v) is 2.08. The molecule has 0 aromatic carbocycles. The smallest absolute Gasteiger partial charge is 0.0140 e. The van der Waals surface area contributed by atoms with E-state index >= 15 is 0 Å². The van der Waals surface area contributed by atoms with Crippen molar-refractivity contribution in [2.75, 3.05) is 0 Å². The average Bonchev–Trinajstić information content (AvgIpc) is 1.69. The van der Waals surface area contributed by atoms with Crippen molar-refractivity contribution in [3.05, 3.63) is 18.1 Å². The molecule has 0 aromatic rings. The van der Waals surface area contributed by atoms with E-state index < -0.39 is 0 Å². The van der Waals surface area contributed by atoms with Crippen molar-refractivity contribution in [3.8, 4) is 0 Å². The first-order valence-corrected chi connectivity index (χ1v) is 2.89. The van der Waals surface area contributed by atoms with Crippen LogP contribution in [0.1, 0.15) is 26.2 Å². The summed E-state index contributed by atoms with van der Waals surface area (Å²) in [7, 11) is 0. The highest BCUT2D eigenvalue weighted by Crippen LogP contribution is 2.14. The summed E-state index contributed by atoms with van der Waals surface area (Å²) >= 11 is 0. The van der Waals surface area contributed by atoms with Gasteiger partial charge in [-0.05, 0) is 32.6 Å². The molecule has 0 spiro atoms. The molecule has 1 radical (unpaired) electrons. The zero-order valence-electron chi connectivity index (χ0n) is 4.78. The van der Waals surface area contributed by atoms with Crippen molar-refractivity contribution in [1.29, 1.82) is 0 Å². The molecule has 0 nitrogen and oxygen atoms in total. The van der Waals surface area contributed by atoms with Crippen molar-refractivity contribution >= 4 is 0 Å². The highest BCUT2D eigenvalue weighted by Gasteiger charge is 1.95. The highest BCUT2D eigenvalue weighted by molar-refractivity contribution is 5.12. The molecule has 1 aliphatic rings. The lowest BCUT2D eigenvalue weighted by atomic mass is 10.0. The molecule has 0 aromatic heterocycles. The van der Waals surface area contributed by atoms with E-state index in [-0.39, 0.29) is 0 Å². The van der Waals surface area contributed by atoms with E-state index in [1.807, 2.05) is 0 Å². The Morgan fingerprint density at radius 1 is 1.43 bits per heavy atom. The minimum Gasteiger partial charge on any atom is -0.0853 e. The van der Waals surface area contributed by atoms with Gasteiger partial charge < -0.3 is 0 Å². The van der Waals surface area contributed by atoms with Gasteiger partial charge in [-0.2, -0.15) is 0 Å². The monoisotopic (exact) mass is 95.1 g/mol. The summed E-state index contributed by atoms with van der Waals surface area (Å²) in [6.07, 6.45) is 8.54. The molecule has 0 saturated heterocycles. The first kappa shape index (κ1) is 4.89. The topological polar surface area (TPSA) is 0 Å². The van der Waals surface area contributed by atoms with Crippen LogP contribution in [0.25, 0.3) is 0 Å². The lowest BCUT2D eigenvalue weighted by Gasteiger charge is -2.05. The Morgan fingerprint density at radius 3 is 2.57 bits per heavy atom. The van der Waals surface area contributed by atoms with Crippen molar-refractivity contribution < 1.29 is 0 Å². The fourth-order valence-electron chi connectivity index (χ4n) is 0.861. The van der Waals surface area contributed by atoms with Crippen LogP contribution < -0.4 is 0 Å². The highest BCUT2D eigenvalue weighted by atomic mass is 14.0. The Bertz CT molecular complexity index is 80.0.